The van der Waals surface area contributed by atoms with Crippen molar-refractivity contribution in [1.29, 1.82) is 0 Å². The van der Waals surface area contributed by atoms with Crippen LogP contribution in [0.25, 0.3) is 5.95 Å². The summed E-state index contributed by atoms with van der Waals surface area (Å²) in [4.78, 5) is 27.8. The summed E-state index contributed by atoms with van der Waals surface area (Å²) in [6.07, 6.45) is 4.85. The molecule has 0 amide bonds. The fraction of sp³-hybridized carbons (Fsp3) is 0.417. The van der Waals surface area contributed by atoms with Gasteiger partial charge in [-0.1, -0.05) is 11.8 Å². The average molecular weight is 308 g/mol. The highest BCUT2D eigenvalue weighted by atomic mass is 32.2. The van der Waals surface area contributed by atoms with Crippen LogP contribution in [0.4, 0.5) is 5.95 Å². The van der Waals surface area contributed by atoms with E-state index < -0.39 is 5.60 Å². The molecule has 0 aliphatic carbocycles. The Bertz CT molecular complexity index is 623. The Labute approximate surface area is 126 Å². The lowest BCUT2D eigenvalue weighted by molar-refractivity contribution is -0.151. The molecule has 0 spiro atoms. The topological polar surface area (TPSA) is 109 Å². The Morgan fingerprint density at radius 1 is 1.38 bits per heavy atom. The van der Waals surface area contributed by atoms with Crippen LogP contribution in [-0.2, 0) is 9.53 Å². The summed E-state index contributed by atoms with van der Waals surface area (Å²) < 4.78 is 6.82. The van der Waals surface area contributed by atoms with Crippen molar-refractivity contribution in [3.05, 3.63) is 18.7 Å². The number of anilines is 1. The number of imidazole rings is 1. The number of nitrogens with two attached hydrogens (primary N) is 1. The van der Waals surface area contributed by atoms with Crippen molar-refractivity contribution < 1.29 is 9.53 Å². The molecule has 0 bridgehead atoms. The predicted octanol–water partition coefficient (Wildman–Crippen LogP) is 1.07. The number of nitrogen functional groups attached to an aromatic ring is 1. The van der Waals surface area contributed by atoms with Gasteiger partial charge in [0.1, 0.15) is 11.9 Å². The van der Waals surface area contributed by atoms with Crippen LogP contribution in [0.15, 0.2) is 23.9 Å². The van der Waals surface area contributed by atoms with E-state index in [2.05, 4.69) is 19.9 Å². The van der Waals surface area contributed by atoms with Crippen LogP contribution in [0, 0.1) is 0 Å². The molecule has 21 heavy (non-hydrogen) atoms. The zero-order valence-corrected chi connectivity index (χ0v) is 12.8. The van der Waals surface area contributed by atoms with Gasteiger partial charge < -0.3 is 10.5 Å². The number of aromatic nitrogens is 5. The van der Waals surface area contributed by atoms with E-state index in [0.717, 1.165) is 11.8 Å². The third kappa shape index (κ3) is 4.71. The summed E-state index contributed by atoms with van der Waals surface area (Å²) in [5, 5.41) is 0.358. The molecule has 0 atom stereocenters. The number of ether oxygens (including phenoxy) is 1. The molecule has 0 radical (unpaired) electrons. The molecule has 0 aliphatic heterocycles. The smallest absolute Gasteiger partial charge is 0.316 e. The fourth-order valence-corrected chi connectivity index (χ4v) is 2.02. The van der Waals surface area contributed by atoms with Gasteiger partial charge in [-0.3, -0.25) is 9.36 Å². The van der Waals surface area contributed by atoms with Crippen molar-refractivity contribution >= 4 is 23.7 Å². The van der Waals surface area contributed by atoms with Gasteiger partial charge in [-0.2, -0.15) is 15.0 Å². The highest BCUT2D eigenvalue weighted by molar-refractivity contribution is 7.99. The second kappa shape index (κ2) is 6.08. The van der Waals surface area contributed by atoms with Gasteiger partial charge in [0, 0.05) is 12.4 Å². The average Bonchev–Trinajstić information content (AvgIpc) is 2.87. The summed E-state index contributed by atoms with van der Waals surface area (Å²) >= 11 is 1.14. The summed E-state index contributed by atoms with van der Waals surface area (Å²) in [6.45, 7) is 5.44. The first-order valence-electron chi connectivity index (χ1n) is 6.18. The molecule has 112 valence electrons. The van der Waals surface area contributed by atoms with E-state index in [0.29, 0.717) is 11.1 Å². The van der Waals surface area contributed by atoms with Gasteiger partial charge in [0.2, 0.25) is 11.9 Å². The summed E-state index contributed by atoms with van der Waals surface area (Å²) in [5.41, 5.74) is 5.13. The molecule has 0 saturated heterocycles. The highest BCUT2D eigenvalue weighted by Gasteiger charge is 2.17. The van der Waals surface area contributed by atoms with Crippen LogP contribution in [0.5, 0.6) is 0 Å². The number of hydrogen-bond donors (Lipinski definition) is 1. The van der Waals surface area contributed by atoms with Crippen LogP contribution in [0.2, 0.25) is 0 Å². The molecule has 2 aromatic rings. The zero-order valence-electron chi connectivity index (χ0n) is 12.0. The van der Waals surface area contributed by atoms with Crippen LogP contribution in [0.3, 0.4) is 0 Å². The number of esters is 1. The standard InChI is InChI=1S/C12H16N6O2S/c1-12(2,3)20-8(19)6-21-11-16-9(13)15-10(17-11)18-5-4-14-7-18/h4-5,7H,6H2,1-3H3,(H2,13,15,16,17). The molecule has 2 rings (SSSR count). The minimum atomic E-state index is -0.516. The molecule has 2 aromatic heterocycles. The van der Waals surface area contributed by atoms with Crippen LogP contribution < -0.4 is 5.73 Å². The Kier molecular flexibility index (Phi) is 4.41. The summed E-state index contributed by atoms with van der Waals surface area (Å²) in [6, 6.07) is 0. The number of rotatable bonds is 4. The lowest BCUT2D eigenvalue weighted by Gasteiger charge is -2.19. The van der Waals surface area contributed by atoms with E-state index in [4.69, 9.17) is 10.5 Å². The van der Waals surface area contributed by atoms with Gasteiger partial charge in [-0.25, -0.2) is 4.98 Å². The molecular weight excluding hydrogens is 292 g/mol. The summed E-state index contributed by atoms with van der Waals surface area (Å²) in [7, 11) is 0. The SMILES string of the molecule is CC(C)(C)OC(=O)CSc1nc(N)nc(-n2ccnc2)n1. The Hall–Kier alpha value is -2.16. The molecule has 0 saturated carbocycles. The van der Waals surface area contributed by atoms with Gasteiger partial charge in [0.25, 0.3) is 0 Å². The molecule has 0 aromatic carbocycles. The van der Waals surface area contributed by atoms with E-state index >= 15 is 0 Å². The zero-order chi connectivity index (χ0) is 15.5. The van der Waals surface area contributed by atoms with Gasteiger partial charge in [0.15, 0.2) is 5.16 Å². The minimum Gasteiger partial charge on any atom is -0.459 e. The largest absolute Gasteiger partial charge is 0.459 e. The van der Waals surface area contributed by atoms with Gasteiger partial charge >= 0.3 is 5.97 Å². The Morgan fingerprint density at radius 3 is 2.76 bits per heavy atom. The Morgan fingerprint density at radius 2 is 2.14 bits per heavy atom. The summed E-state index contributed by atoms with van der Waals surface area (Å²) in [5.74, 6) is 0.201. The van der Waals surface area contributed by atoms with Crippen molar-refractivity contribution in [1.82, 2.24) is 24.5 Å². The predicted molar refractivity (Wildman–Crippen MR) is 77.9 cm³/mol. The van der Waals surface area contributed by atoms with Crippen LogP contribution in [0.1, 0.15) is 20.8 Å². The fourth-order valence-electron chi connectivity index (χ4n) is 1.41. The van der Waals surface area contributed by atoms with Crippen LogP contribution in [-0.4, -0.2) is 41.8 Å². The van der Waals surface area contributed by atoms with E-state index in [-0.39, 0.29) is 17.7 Å². The van der Waals surface area contributed by atoms with Gasteiger partial charge in [-0.05, 0) is 20.8 Å². The van der Waals surface area contributed by atoms with Crippen molar-refractivity contribution in [2.45, 2.75) is 31.5 Å². The quantitative estimate of drug-likeness (QED) is 0.660. The highest BCUT2D eigenvalue weighted by Crippen LogP contribution is 2.17. The van der Waals surface area contributed by atoms with E-state index in [1.54, 1.807) is 23.3 Å². The molecular formula is C12H16N6O2S. The molecule has 8 nitrogen and oxygen atoms in total. The lowest BCUT2D eigenvalue weighted by Crippen LogP contribution is -2.25. The number of thioether (sulfide) groups is 1. The lowest BCUT2D eigenvalue weighted by atomic mass is 10.2. The minimum absolute atomic E-state index is 0.0837. The molecule has 0 unspecified atom stereocenters. The first-order valence-corrected chi connectivity index (χ1v) is 7.16. The second-order valence-electron chi connectivity index (χ2n) is 5.12. The normalized spacial score (nSPS) is 11.4. The Balaban J connectivity index is 2.06. The van der Waals surface area contributed by atoms with Crippen molar-refractivity contribution in [3.8, 4) is 5.95 Å². The molecule has 2 N–H and O–H groups in total. The third-order valence-corrected chi connectivity index (χ3v) is 2.92. The van der Waals surface area contributed by atoms with Crippen molar-refractivity contribution in [3.63, 3.8) is 0 Å². The third-order valence-electron chi connectivity index (χ3n) is 2.09. The molecule has 0 aliphatic rings. The molecule has 2 heterocycles. The van der Waals surface area contributed by atoms with E-state index in [9.17, 15) is 4.79 Å². The van der Waals surface area contributed by atoms with Gasteiger partial charge in [-0.15, -0.1) is 0 Å². The van der Waals surface area contributed by atoms with Crippen LogP contribution >= 0.6 is 11.8 Å². The van der Waals surface area contributed by atoms with E-state index in [1.807, 2.05) is 20.8 Å². The molecule has 9 heteroatoms. The monoisotopic (exact) mass is 308 g/mol. The first-order chi connectivity index (χ1) is 9.83. The maximum atomic E-state index is 11.7. The van der Waals surface area contributed by atoms with Crippen molar-refractivity contribution in [2.75, 3.05) is 11.5 Å². The number of carbonyl (C=O) groups is 1. The number of carbonyl (C=O) groups excluding carboxylic acids is 1. The number of hydrogen-bond acceptors (Lipinski definition) is 8. The number of nitrogens with zero attached hydrogens (tertiary/aromatic N) is 5. The second-order valence-corrected chi connectivity index (χ2v) is 6.06. The maximum Gasteiger partial charge on any atom is 0.316 e. The maximum absolute atomic E-state index is 11.7. The van der Waals surface area contributed by atoms with Crippen molar-refractivity contribution in [2.24, 2.45) is 0 Å². The molecule has 0 fully saturated rings. The van der Waals surface area contributed by atoms with Gasteiger partial charge in [0.05, 0.1) is 5.75 Å². The first kappa shape index (κ1) is 15.2. The van der Waals surface area contributed by atoms with E-state index in [1.165, 1.54) is 0 Å².